The molecule has 0 spiro atoms. The molecule has 18 heavy (non-hydrogen) atoms. The summed E-state index contributed by atoms with van der Waals surface area (Å²) in [5.41, 5.74) is 5.05. The van der Waals surface area contributed by atoms with E-state index in [-0.39, 0.29) is 29.5 Å². The van der Waals surface area contributed by atoms with E-state index in [1.807, 2.05) is 0 Å². The third kappa shape index (κ3) is 4.02. The summed E-state index contributed by atoms with van der Waals surface area (Å²) >= 11 is 0. The zero-order chi connectivity index (χ0) is 13.5. The number of nitro groups is 1. The Balaban J connectivity index is 2.72. The number of benzene rings is 1. The van der Waals surface area contributed by atoms with Gasteiger partial charge in [-0.05, 0) is 31.5 Å². The van der Waals surface area contributed by atoms with Crippen molar-refractivity contribution in [1.29, 1.82) is 0 Å². The van der Waals surface area contributed by atoms with Gasteiger partial charge in [0.15, 0.2) is 0 Å². The highest BCUT2D eigenvalue weighted by molar-refractivity contribution is 5.93. The molecule has 1 rings (SSSR count). The van der Waals surface area contributed by atoms with E-state index in [4.69, 9.17) is 10.8 Å². The maximum atomic E-state index is 11.5. The van der Waals surface area contributed by atoms with Crippen LogP contribution in [0.4, 0.5) is 11.4 Å². The largest absolute Gasteiger partial charge is 0.508 e. The number of carbonyl (C=O) groups is 1. The van der Waals surface area contributed by atoms with Crippen molar-refractivity contribution < 1.29 is 14.8 Å². The molecule has 0 atom stereocenters. The van der Waals surface area contributed by atoms with Gasteiger partial charge in [0.05, 0.1) is 11.0 Å². The standard InChI is InChI=1S/C11H15N3O4/c12-6-2-1-3-11(16)13-9-5-4-8(15)7-10(9)14(17)18/h4-5,7,15H,1-3,6,12H2,(H,13,16). The van der Waals surface area contributed by atoms with Crippen LogP contribution in [0.15, 0.2) is 18.2 Å². The van der Waals surface area contributed by atoms with E-state index in [9.17, 15) is 14.9 Å². The molecule has 1 aromatic carbocycles. The smallest absolute Gasteiger partial charge is 0.296 e. The van der Waals surface area contributed by atoms with Crippen molar-refractivity contribution in [3.05, 3.63) is 28.3 Å². The van der Waals surface area contributed by atoms with Gasteiger partial charge < -0.3 is 16.2 Å². The first-order valence-corrected chi connectivity index (χ1v) is 5.52. The first kappa shape index (κ1) is 13.9. The van der Waals surface area contributed by atoms with Crippen molar-refractivity contribution in [1.82, 2.24) is 0 Å². The molecule has 0 aromatic heterocycles. The predicted molar refractivity (Wildman–Crippen MR) is 66.3 cm³/mol. The fourth-order valence-electron chi connectivity index (χ4n) is 1.42. The molecule has 0 radical (unpaired) electrons. The molecule has 0 heterocycles. The maximum Gasteiger partial charge on any atom is 0.296 e. The Kier molecular flexibility index (Phi) is 5.06. The molecule has 4 N–H and O–H groups in total. The van der Waals surface area contributed by atoms with Crippen LogP contribution in [0.5, 0.6) is 5.75 Å². The second kappa shape index (κ2) is 6.55. The molecular weight excluding hydrogens is 238 g/mol. The third-order valence-electron chi connectivity index (χ3n) is 2.31. The van der Waals surface area contributed by atoms with Gasteiger partial charge in [-0.3, -0.25) is 14.9 Å². The molecule has 1 amide bonds. The second-order valence-corrected chi connectivity index (χ2v) is 3.75. The molecule has 0 unspecified atom stereocenters. The summed E-state index contributed by atoms with van der Waals surface area (Å²) in [6.07, 6.45) is 1.62. The van der Waals surface area contributed by atoms with Crippen molar-refractivity contribution >= 4 is 17.3 Å². The lowest BCUT2D eigenvalue weighted by Crippen LogP contribution is -2.13. The fraction of sp³-hybridized carbons (Fsp3) is 0.364. The average Bonchev–Trinajstić information content (AvgIpc) is 2.31. The Morgan fingerprint density at radius 3 is 2.78 bits per heavy atom. The number of anilines is 1. The zero-order valence-corrected chi connectivity index (χ0v) is 9.76. The van der Waals surface area contributed by atoms with Crippen molar-refractivity contribution in [3.63, 3.8) is 0 Å². The van der Waals surface area contributed by atoms with Crippen LogP contribution in [-0.2, 0) is 4.79 Å². The number of hydrogen-bond donors (Lipinski definition) is 3. The van der Waals surface area contributed by atoms with Crippen LogP contribution in [-0.4, -0.2) is 22.5 Å². The Bertz CT molecular complexity index is 448. The van der Waals surface area contributed by atoms with Crippen LogP contribution in [0.3, 0.4) is 0 Å². The lowest BCUT2D eigenvalue weighted by molar-refractivity contribution is -0.384. The van der Waals surface area contributed by atoms with Crippen LogP contribution in [0, 0.1) is 10.1 Å². The van der Waals surface area contributed by atoms with Crippen molar-refractivity contribution in [2.24, 2.45) is 5.73 Å². The minimum absolute atomic E-state index is 0.0792. The lowest BCUT2D eigenvalue weighted by Gasteiger charge is -2.06. The first-order chi connectivity index (χ1) is 8.54. The first-order valence-electron chi connectivity index (χ1n) is 5.52. The molecule has 0 aliphatic heterocycles. The van der Waals surface area contributed by atoms with Gasteiger partial charge in [-0.1, -0.05) is 0 Å². The number of phenolic OH excluding ortho intramolecular Hbond substituents is 1. The number of nitrogens with one attached hydrogen (secondary N) is 1. The second-order valence-electron chi connectivity index (χ2n) is 3.75. The molecule has 0 bridgehead atoms. The summed E-state index contributed by atoms with van der Waals surface area (Å²) in [5.74, 6) is -0.528. The van der Waals surface area contributed by atoms with Gasteiger partial charge >= 0.3 is 0 Å². The number of nitrogens with zero attached hydrogens (tertiary/aromatic N) is 1. The Morgan fingerprint density at radius 2 is 2.17 bits per heavy atom. The number of nitro benzene ring substituents is 1. The molecule has 0 aliphatic rings. The van der Waals surface area contributed by atoms with Crippen LogP contribution < -0.4 is 11.1 Å². The topological polar surface area (TPSA) is 118 Å². The fourth-order valence-corrected chi connectivity index (χ4v) is 1.42. The number of carbonyl (C=O) groups excluding carboxylic acids is 1. The van der Waals surface area contributed by atoms with Gasteiger partial charge in [0, 0.05) is 6.42 Å². The summed E-state index contributed by atoms with van der Waals surface area (Å²) in [6.45, 7) is 0.507. The summed E-state index contributed by atoms with van der Waals surface area (Å²) in [5, 5.41) is 22.4. The highest BCUT2D eigenvalue weighted by atomic mass is 16.6. The van der Waals surface area contributed by atoms with Crippen molar-refractivity contribution in [3.8, 4) is 5.75 Å². The molecule has 0 fully saturated rings. The summed E-state index contributed by atoms with van der Waals surface area (Å²) in [6, 6.07) is 3.58. The molecule has 0 saturated carbocycles. The number of rotatable bonds is 6. The normalized spacial score (nSPS) is 10.1. The lowest BCUT2D eigenvalue weighted by atomic mass is 10.2. The molecule has 0 saturated heterocycles. The SMILES string of the molecule is NCCCCC(=O)Nc1ccc(O)cc1[N+](=O)[O-]. The van der Waals surface area contributed by atoms with E-state index in [0.29, 0.717) is 13.0 Å². The number of unbranched alkanes of at least 4 members (excludes halogenated alkanes) is 1. The Hall–Kier alpha value is -2.15. The summed E-state index contributed by atoms with van der Waals surface area (Å²) < 4.78 is 0. The van der Waals surface area contributed by atoms with Crippen molar-refractivity contribution in [2.45, 2.75) is 19.3 Å². The van der Waals surface area contributed by atoms with Gasteiger partial charge in [-0.2, -0.15) is 0 Å². The molecular formula is C11H15N3O4. The monoisotopic (exact) mass is 253 g/mol. The number of phenols is 1. The van der Waals surface area contributed by atoms with Crippen LogP contribution in [0.25, 0.3) is 0 Å². The molecule has 98 valence electrons. The highest BCUT2D eigenvalue weighted by Crippen LogP contribution is 2.28. The summed E-state index contributed by atoms with van der Waals surface area (Å²) in [4.78, 5) is 21.6. The van der Waals surface area contributed by atoms with Crippen LogP contribution in [0.1, 0.15) is 19.3 Å². The number of hydrogen-bond acceptors (Lipinski definition) is 5. The Morgan fingerprint density at radius 1 is 1.44 bits per heavy atom. The van der Waals surface area contributed by atoms with Gasteiger partial charge in [-0.25, -0.2) is 0 Å². The predicted octanol–water partition coefficient (Wildman–Crippen LogP) is 1.37. The van der Waals surface area contributed by atoms with Gasteiger partial charge in [-0.15, -0.1) is 0 Å². The van der Waals surface area contributed by atoms with Crippen molar-refractivity contribution in [2.75, 3.05) is 11.9 Å². The van der Waals surface area contributed by atoms with E-state index >= 15 is 0 Å². The minimum atomic E-state index is -0.658. The quantitative estimate of drug-likeness (QED) is 0.306. The molecule has 1 aromatic rings. The highest BCUT2D eigenvalue weighted by Gasteiger charge is 2.16. The van der Waals surface area contributed by atoms with E-state index in [0.717, 1.165) is 12.5 Å². The van der Waals surface area contributed by atoms with Crippen LogP contribution in [0.2, 0.25) is 0 Å². The average molecular weight is 253 g/mol. The van der Waals surface area contributed by atoms with Gasteiger partial charge in [0.25, 0.3) is 5.69 Å². The van der Waals surface area contributed by atoms with E-state index < -0.39 is 4.92 Å². The van der Waals surface area contributed by atoms with Gasteiger partial charge in [0.2, 0.25) is 5.91 Å². The molecule has 7 nitrogen and oxygen atoms in total. The van der Waals surface area contributed by atoms with Crippen LogP contribution >= 0.6 is 0 Å². The minimum Gasteiger partial charge on any atom is -0.508 e. The number of aromatic hydroxyl groups is 1. The van der Waals surface area contributed by atoms with E-state index in [1.165, 1.54) is 12.1 Å². The molecule has 0 aliphatic carbocycles. The number of amides is 1. The summed E-state index contributed by atoms with van der Waals surface area (Å²) in [7, 11) is 0. The van der Waals surface area contributed by atoms with E-state index in [2.05, 4.69) is 5.32 Å². The zero-order valence-electron chi connectivity index (χ0n) is 9.76. The maximum absolute atomic E-state index is 11.5. The van der Waals surface area contributed by atoms with E-state index in [1.54, 1.807) is 0 Å². The Labute approximate surface area is 104 Å². The molecule has 7 heteroatoms. The van der Waals surface area contributed by atoms with Gasteiger partial charge in [0.1, 0.15) is 11.4 Å². The third-order valence-corrected chi connectivity index (χ3v) is 2.31. The number of nitrogens with two attached hydrogens (primary N) is 1.